The molecule has 12 heteroatoms. The largest absolute Gasteiger partial charge is 0.485 e. The number of aromatic nitrogens is 1. The molecule has 3 aromatic rings. The molecule has 1 fully saturated rings. The number of hydrogen-bond donors (Lipinski definition) is 0. The van der Waals surface area contributed by atoms with Crippen molar-refractivity contribution in [3.8, 4) is 5.75 Å². The molecule has 34 heavy (non-hydrogen) atoms. The van der Waals surface area contributed by atoms with Gasteiger partial charge in [0.15, 0.2) is 6.61 Å². The second-order valence-corrected chi connectivity index (χ2v) is 10.3. The van der Waals surface area contributed by atoms with Crippen LogP contribution in [0, 0.1) is 0 Å². The zero-order valence-electron chi connectivity index (χ0n) is 18.1. The van der Waals surface area contributed by atoms with Crippen LogP contribution in [0.5, 0.6) is 5.75 Å². The number of anilines is 1. The lowest BCUT2D eigenvalue weighted by Gasteiger charge is -2.35. The highest BCUT2D eigenvalue weighted by atomic mass is 35.5. The SMILES string of the molecule is CN1CCN(c2cc(S(=O)(=O)n3ccc4ccc(Cl)cc43)ccc2OCC(F)(F)C(F)F)CC1. The average molecular weight is 520 g/mol. The molecule has 0 spiro atoms. The standard InChI is InChI=1S/C22H22ClF4N3O3S/c1-28-8-10-29(11-9-28)19-13-17(4-5-20(19)33-14-22(26,27)21(24)25)34(31,32)30-7-6-15-2-3-16(23)12-18(15)30/h2-7,12-13,21H,8-11,14H2,1H3. The topological polar surface area (TPSA) is 54.8 Å². The Hall–Kier alpha value is -2.50. The van der Waals surface area contributed by atoms with E-state index in [2.05, 4.69) is 4.90 Å². The van der Waals surface area contributed by atoms with Crippen LogP contribution in [0.25, 0.3) is 10.9 Å². The summed E-state index contributed by atoms with van der Waals surface area (Å²) in [6.07, 6.45) is -2.48. The zero-order valence-corrected chi connectivity index (χ0v) is 19.7. The first-order valence-corrected chi connectivity index (χ1v) is 12.2. The van der Waals surface area contributed by atoms with Gasteiger partial charge in [0.05, 0.1) is 16.1 Å². The Balaban J connectivity index is 1.74. The summed E-state index contributed by atoms with van der Waals surface area (Å²) in [5.41, 5.74) is 0.624. The van der Waals surface area contributed by atoms with Crippen molar-refractivity contribution in [3.05, 3.63) is 53.7 Å². The van der Waals surface area contributed by atoms with Crippen molar-refractivity contribution in [3.63, 3.8) is 0 Å². The molecule has 2 aromatic carbocycles. The number of hydrogen-bond acceptors (Lipinski definition) is 5. The van der Waals surface area contributed by atoms with Gasteiger partial charge in [0, 0.05) is 42.8 Å². The Morgan fingerprint density at radius 1 is 1.06 bits per heavy atom. The number of fused-ring (bicyclic) bond motifs is 1. The van der Waals surface area contributed by atoms with Crippen LogP contribution in [0.3, 0.4) is 0 Å². The van der Waals surface area contributed by atoms with Crippen molar-refractivity contribution in [2.45, 2.75) is 17.2 Å². The minimum Gasteiger partial charge on any atom is -0.485 e. The second-order valence-electron chi connectivity index (χ2n) is 8.09. The van der Waals surface area contributed by atoms with E-state index in [0.717, 1.165) is 3.97 Å². The number of nitrogens with zero attached hydrogens (tertiary/aromatic N) is 3. The molecule has 1 aliphatic heterocycles. The Kier molecular flexibility index (Phi) is 6.71. The maximum atomic E-state index is 13.5. The number of piperazine rings is 1. The van der Waals surface area contributed by atoms with Crippen LogP contribution in [0.2, 0.25) is 5.02 Å². The van der Waals surface area contributed by atoms with Gasteiger partial charge in [0.25, 0.3) is 10.0 Å². The van der Waals surface area contributed by atoms with Crippen molar-refractivity contribution in [1.82, 2.24) is 8.87 Å². The highest BCUT2D eigenvalue weighted by molar-refractivity contribution is 7.90. The van der Waals surface area contributed by atoms with Crippen molar-refractivity contribution in [2.75, 3.05) is 44.7 Å². The molecule has 2 heterocycles. The predicted molar refractivity (Wildman–Crippen MR) is 122 cm³/mol. The quantitative estimate of drug-likeness (QED) is 0.428. The molecule has 184 valence electrons. The van der Waals surface area contributed by atoms with Gasteiger partial charge in [0.2, 0.25) is 0 Å². The Morgan fingerprint density at radius 2 is 1.76 bits per heavy atom. The Bertz CT molecular complexity index is 1290. The fourth-order valence-corrected chi connectivity index (χ4v) is 5.24. The van der Waals surface area contributed by atoms with Gasteiger partial charge in [-0.15, -0.1) is 0 Å². The van der Waals surface area contributed by atoms with Gasteiger partial charge < -0.3 is 14.5 Å². The highest BCUT2D eigenvalue weighted by Crippen LogP contribution is 2.35. The van der Waals surface area contributed by atoms with Crippen LogP contribution in [-0.4, -0.2) is 69.5 Å². The summed E-state index contributed by atoms with van der Waals surface area (Å²) in [7, 11) is -2.17. The second kappa shape index (κ2) is 9.27. The summed E-state index contributed by atoms with van der Waals surface area (Å²) in [6, 6.07) is 10.3. The van der Waals surface area contributed by atoms with Crippen molar-refractivity contribution in [1.29, 1.82) is 0 Å². The van der Waals surface area contributed by atoms with Gasteiger partial charge in [-0.3, -0.25) is 0 Å². The zero-order chi connectivity index (χ0) is 24.7. The van der Waals surface area contributed by atoms with E-state index in [1.54, 1.807) is 23.1 Å². The lowest BCUT2D eigenvalue weighted by molar-refractivity contribution is -0.148. The molecular formula is C22H22ClF4N3O3S. The molecule has 1 saturated heterocycles. The number of ether oxygens (including phenoxy) is 1. The fourth-order valence-electron chi connectivity index (χ4n) is 3.71. The van der Waals surface area contributed by atoms with Crippen molar-refractivity contribution in [2.24, 2.45) is 0 Å². The van der Waals surface area contributed by atoms with E-state index < -0.39 is 29.0 Å². The summed E-state index contributed by atoms with van der Waals surface area (Å²) < 4.78 is 85.3. The van der Waals surface area contributed by atoms with Crippen LogP contribution in [0.15, 0.2) is 53.6 Å². The van der Waals surface area contributed by atoms with Gasteiger partial charge in [-0.05, 0) is 43.4 Å². The molecular weight excluding hydrogens is 498 g/mol. The lowest BCUT2D eigenvalue weighted by atomic mass is 10.2. The summed E-state index contributed by atoms with van der Waals surface area (Å²) in [5.74, 6) is -4.43. The normalized spacial score (nSPS) is 15.9. The molecule has 0 bridgehead atoms. The third-order valence-electron chi connectivity index (χ3n) is 5.69. The maximum Gasteiger partial charge on any atom is 0.340 e. The average Bonchev–Trinajstić information content (AvgIpc) is 3.22. The number of halogens is 5. The molecule has 1 aliphatic rings. The predicted octanol–water partition coefficient (Wildman–Crippen LogP) is 4.56. The number of benzene rings is 2. The summed E-state index contributed by atoms with van der Waals surface area (Å²) in [4.78, 5) is 3.74. The summed E-state index contributed by atoms with van der Waals surface area (Å²) in [5, 5.41) is 1.03. The summed E-state index contributed by atoms with van der Waals surface area (Å²) >= 11 is 6.05. The Morgan fingerprint density at radius 3 is 2.44 bits per heavy atom. The molecule has 0 radical (unpaired) electrons. The third kappa shape index (κ3) is 4.82. The molecule has 1 aromatic heterocycles. The molecule has 0 aliphatic carbocycles. The molecule has 6 nitrogen and oxygen atoms in total. The summed E-state index contributed by atoms with van der Waals surface area (Å²) in [6.45, 7) is 0.709. The molecule has 0 saturated carbocycles. The first kappa shape index (κ1) is 24.6. The van der Waals surface area contributed by atoms with Crippen LogP contribution in [-0.2, 0) is 10.0 Å². The van der Waals surface area contributed by atoms with Gasteiger partial charge in [-0.1, -0.05) is 17.7 Å². The van der Waals surface area contributed by atoms with E-state index in [9.17, 15) is 26.0 Å². The van der Waals surface area contributed by atoms with E-state index in [1.807, 2.05) is 7.05 Å². The number of alkyl halides is 4. The van der Waals surface area contributed by atoms with Crippen LogP contribution >= 0.6 is 11.6 Å². The van der Waals surface area contributed by atoms with Gasteiger partial charge in [-0.25, -0.2) is 21.2 Å². The maximum absolute atomic E-state index is 13.5. The van der Waals surface area contributed by atoms with Crippen molar-refractivity contribution < 1.29 is 30.7 Å². The number of rotatable bonds is 7. The van der Waals surface area contributed by atoms with Crippen molar-refractivity contribution >= 4 is 38.2 Å². The van der Waals surface area contributed by atoms with Gasteiger partial charge in [-0.2, -0.15) is 8.78 Å². The van der Waals surface area contributed by atoms with E-state index >= 15 is 0 Å². The van der Waals surface area contributed by atoms with Crippen LogP contribution in [0.4, 0.5) is 23.2 Å². The first-order chi connectivity index (χ1) is 16.0. The minimum absolute atomic E-state index is 0.0933. The molecule has 0 atom stereocenters. The van der Waals surface area contributed by atoms with E-state index in [0.29, 0.717) is 42.1 Å². The van der Waals surface area contributed by atoms with Gasteiger partial charge in [0.1, 0.15) is 5.75 Å². The highest BCUT2D eigenvalue weighted by Gasteiger charge is 2.42. The molecule has 0 unspecified atom stereocenters. The molecule has 4 rings (SSSR count). The fraction of sp³-hybridized carbons (Fsp3) is 0.364. The number of likely N-dealkylation sites (N-methyl/N-ethyl adjacent to an activating group) is 1. The van der Waals surface area contributed by atoms with E-state index in [4.69, 9.17) is 16.3 Å². The van der Waals surface area contributed by atoms with Crippen LogP contribution < -0.4 is 9.64 Å². The first-order valence-electron chi connectivity index (χ1n) is 10.4. The Labute approximate surface area is 199 Å². The lowest BCUT2D eigenvalue weighted by Crippen LogP contribution is -2.44. The minimum atomic E-state index is -4.34. The van der Waals surface area contributed by atoms with Gasteiger partial charge >= 0.3 is 12.3 Å². The monoisotopic (exact) mass is 519 g/mol. The molecule has 0 N–H and O–H groups in total. The third-order valence-corrected chi connectivity index (χ3v) is 7.61. The van der Waals surface area contributed by atoms with E-state index in [1.165, 1.54) is 30.5 Å². The van der Waals surface area contributed by atoms with Crippen LogP contribution in [0.1, 0.15) is 0 Å². The van der Waals surface area contributed by atoms with E-state index in [-0.39, 0.29) is 16.3 Å². The smallest absolute Gasteiger partial charge is 0.340 e. The molecule has 0 amide bonds.